The summed E-state index contributed by atoms with van der Waals surface area (Å²) < 4.78 is 6.20. The predicted molar refractivity (Wildman–Crippen MR) is 106 cm³/mol. The van der Waals surface area contributed by atoms with Crippen LogP contribution in [0.25, 0.3) is 0 Å². The Morgan fingerprint density at radius 2 is 1.85 bits per heavy atom. The number of rotatable bonds is 4. The van der Waals surface area contributed by atoms with Crippen molar-refractivity contribution >= 4 is 0 Å². The number of nitrogens with zero attached hydrogens (tertiary/aromatic N) is 2. The Balaban J connectivity index is 1.72. The van der Waals surface area contributed by atoms with E-state index in [4.69, 9.17) is 10.5 Å². The second-order valence-electron chi connectivity index (χ2n) is 7.28. The average Bonchev–Trinajstić information content (AvgIpc) is 2.85. The Bertz CT molecular complexity index is 753. The smallest absolute Gasteiger partial charge is 0.124 e. The van der Waals surface area contributed by atoms with Crippen LogP contribution in [0.2, 0.25) is 0 Å². The molecule has 0 aromatic heterocycles. The highest BCUT2D eigenvalue weighted by Gasteiger charge is 2.31. The minimum Gasteiger partial charge on any atom is -0.489 e. The molecule has 1 atom stereocenters. The standard InChI is InChI=1S/C22H29N3O/c1-2-17-7-8-21-20(15-17)22(19-6-4-3-5-18(19)16-26-21)25-13-11-24(10-9-23)12-14-25/h3-8,15,22H,2,9-14,16,23H2,1H3. The van der Waals surface area contributed by atoms with Crippen LogP contribution in [0.4, 0.5) is 0 Å². The number of nitrogens with two attached hydrogens (primary N) is 1. The highest BCUT2D eigenvalue weighted by Crippen LogP contribution is 2.40. The Morgan fingerprint density at radius 3 is 2.62 bits per heavy atom. The van der Waals surface area contributed by atoms with Crippen molar-refractivity contribution in [2.45, 2.75) is 26.0 Å². The quantitative estimate of drug-likeness (QED) is 0.920. The second-order valence-corrected chi connectivity index (χ2v) is 7.28. The molecule has 4 nitrogen and oxygen atoms in total. The first-order valence-corrected chi connectivity index (χ1v) is 9.80. The summed E-state index contributed by atoms with van der Waals surface area (Å²) in [6, 6.07) is 15.8. The van der Waals surface area contributed by atoms with Gasteiger partial charge in [-0.15, -0.1) is 0 Å². The van der Waals surface area contributed by atoms with Gasteiger partial charge in [0, 0.05) is 44.8 Å². The molecule has 2 aromatic rings. The molecule has 2 N–H and O–H groups in total. The molecule has 138 valence electrons. The van der Waals surface area contributed by atoms with E-state index in [0.29, 0.717) is 6.61 Å². The van der Waals surface area contributed by atoms with Crippen molar-refractivity contribution in [1.29, 1.82) is 0 Å². The lowest BCUT2D eigenvalue weighted by atomic mass is 9.91. The SMILES string of the molecule is CCc1ccc2c(c1)C(N1CCN(CCN)CC1)c1ccccc1CO2. The van der Waals surface area contributed by atoms with Crippen LogP contribution in [0, 0.1) is 0 Å². The van der Waals surface area contributed by atoms with E-state index in [-0.39, 0.29) is 6.04 Å². The summed E-state index contributed by atoms with van der Waals surface area (Å²) in [5, 5.41) is 0. The van der Waals surface area contributed by atoms with Gasteiger partial charge in [0.15, 0.2) is 0 Å². The zero-order valence-electron chi connectivity index (χ0n) is 15.7. The number of hydrogen-bond acceptors (Lipinski definition) is 4. The van der Waals surface area contributed by atoms with Crippen LogP contribution in [0.3, 0.4) is 0 Å². The van der Waals surface area contributed by atoms with E-state index in [1.807, 2.05) is 0 Å². The minimum absolute atomic E-state index is 0.273. The maximum absolute atomic E-state index is 6.20. The lowest BCUT2D eigenvalue weighted by Crippen LogP contribution is -2.49. The van der Waals surface area contributed by atoms with E-state index in [1.165, 1.54) is 22.3 Å². The third-order valence-electron chi connectivity index (χ3n) is 5.73. The molecule has 2 aliphatic heterocycles. The summed E-state index contributed by atoms with van der Waals surface area (Å²) in [5.41, 5.74) is 11.1. The van der Waals surface area contributed by atoms with E-state index in [1.54, 1.807) is 0 Å². The summed E-state index contributed by atoms with van der Waals surface area (Å²) in [6.07, 6.45) is 1.05. The number of fused-ring (bicyclic) bond motifs is 2. The first-order valence-electron chi connectivity index (χ1n) is 9.80. The summed E-state index contributed by atoms with van der Waals surface area (Å²) in [7, 11) is 0. The van der Waals surface area contributed by atoms with Crippen LogP contribution < -0.4 is 10.5 Å². The highest BCUT2D eigenvalue weighted by molar-refractivity contribution is 5.48. The van der Waals surface area contributed by atoms with Gasteiger partial charge < -0.3 is 10.5 Å². The summed E-state index contributed by atoms with van der Waals surface area (Å²) >= 11 is 0. The van der Waals surface area contributed by atoms with Crippen molar-refractivity contribution in [3.05, 3.63) is 64.7 Å². The largest absolute Gasteiger partial charge is 0.489 e. The minimum atomic E-state index is 0.273. The fraction of sp³-hybridized carbons (Fsp3) is 0.455. The van der Waals surface area contributed by atoms with Crippen LogP contribution in [-0.2, 0) is 13.0 Å². The first-order chi connectivity index (χ1) is 12.8. The van der Waals surface area contributed by atoms with Gasteiger partial charge >= 0.3 is 0 Å². The molecule has 4 heteroatoms. The van der Waals surface area contributed by atoms with Crippen molar-refractivity contribution in [3.8, 4) is 5.75 Å². The Morgan fingerprint density at radius 1 is 1.04 bits per heavy atom. The number of piperazine rings is 1. The van der Waals surface area contributed by atoms with Crippen LogP contribution in [0.5, 0.6) is 5.75 Å². The van der Waals surface area contributed by atoms with Crippen LogP contribution in [0.15, 0.2) is 42.5 Å². The predicted octanol–water partition coefficient (Wildman–Crippen LogP) is 2.81. The molecular formula is C22H29N3O. The molecule has 2 aromatic carbocycles. The molecule has 0 radical (unpaired) electrons. The van der Waals surface area contributed by atoms with Crippen LogP contribution >= 0.6 is 0 Å². The molecule has 0 spiro atoms. The van der Waals surface area contributed by atoms with Gasteiger partial charge in [-0.25, -0.2) is 0 Å². The fourth-order valence-electron chi connectivity index (χ4n) is 4.24. The van der Waals surface area contributed by atoms with Gasteiger partial charge in [0.2, 0.25) is 0 Å². The molecule has 0 saturated carbocycles. The van der Waals surface area contributed by atoms with E-state index < -0.39 is 0 Å². The lowest BCUT2D eigenvalue weighted by molar-refractivity contribution is 0.111. The molecule has 2 heterocycles. The number of hydrogen-bond donors (Lipinski definition) is 1. The van der Waals surface area contributed by atoms with Gasteiger partial charge in [0.05, 0.1) is 6.04 Å². The van der Waals surface area contributed by atoms with E-state index >= 15 is 0 Å². The van der Waals surface area contributed by atoms with Gasteiger partial charge in [-0.1, -0.05) is 43.3 Å². The number of benzene rings is 2. The third-order valence-corrected chi connectivity index (χ3v) is 5.73. The molecule has 26 heavy (non-hydrogen) atoms. The molecule has 0 amide bonds. The molecule has 0 aliphatic carbocycles. The molecule has 1 fully saturated rings. The zero-order chi connectivity index (χ0) is 17.9. The zero-order valence-corrected chi connectivity index (χ0v) is 15.7. The summed E-state index contributed by atoms with van der Waals surface area (Å²) in [6.45, 7) is 8.90. The van der Waals surface area contributed by atoms with Gasteiger partial charge in [0.1, 0.15) is 12.4 Å². The maximum Gasteiger partial charge on any atom is 0.124 e. The van der Waals surface area contributed by atoms with E-state index in [9.17, 15) is 0 Å². The molecule has 1 saturated heterocycles. The number of aryl methyl sites for hydroxylation is 1. The second kappa shape index (κ2) is 7.78. The van der Waals surface area contributed by atoms with Crippen molar-refractivity contribution in [2.24, 2.45) is 5.73 Å². The Hall–Kier alpha value is -1.88. The summed E-state index contributed by atoms with van der Waals surface area (Å²) in [5.74, 6) is 1.03. The lowest BCUT2D eigenvalue weighted by Gasteiger charge is -2.40. The van der Waals surface area contributed by atoms with Crippen molar-refractivity contribution < 1.29 is 4.74 Å². The van der Waals surface area contributed by atoms with Crippen molar-refractivity contribution in [2.75, 3.05) is 39.3 Å². The number of ether oxygens (including phenoxy) is 1. The van der Waals surface area contributed by atoms with Gasteiger partial charge in [0.25, 0.3) is 0 Å². The topological polar surface area (TPSA) is 41.7 Å². The highest BCUT2D eigenvalue weighted by atomic mass is 16.5. The molecule has 2 aliphatic rings. The van der Waals surface area contributed by atoms with Gasteiger partial charge in [-0.2, -0.15) is 0 Å². The Kier molecular flexibility index (Phi) is 5.25. The van der Waals surface area contributed by atoms with Crippen molar-refractivity contribution in [3.63, 3.8) is 0 Å². The normalized spacial score (nSPS) is 20.8. The molecular weight excluding hydrogens is 322 g/mol. The average molecular weight is 351 g/mol. The molecule has 0 bridgehead atoms. The maximum atomic E-state index is 6.20. The van der Waals surface area contributed by atoms with E-state index in [2.05, 4.69) is 59.2 Å². The monoisotopic (exact) mass is 351 g/mol. The van der Waals surface area contributed by atoms with Crippen LogP contribution in [-0.4, -0.2) is 49.1 Å². The molecule has 1 unspecified atom stereocenters. The fourth-order valence-corrected chi connectivity index (χ4v) is 4.24. The Labute approximate surface area is 156 Å². The van der Waals surface area contributed by atoms with Gasteiger partial charge in [-0.05, 0) is 29.2 Å². The molecule has 4 rings (SSSR count). The van der Waals surface area contributed by atoms with Crippen molar-refractivity contribution in [1.82, 2.24) is 9.80 Å². The summed E-state index contributed by atoms with van der Waals surface area (Å²) in [4.78, 5) is 5.10. The van der Waals surface area contributed by atoms with Gasteiger partial charge in [-0.3, -0.25) is 9.80 Å². The van der Waals surface area contributed by atoms with E-state index in [0.717, 1.165) is 51.4 Å². The first kappa shape index (κ1) is 17.5. The van der Waals surface area contributed by atoms with Crippen LogP contribution in [0.1, 0.15) is 35.2 Å². The third kappa shape index (κ3) is 3.37.